The van der Waals surface area contributed by atoms with Crippen LogP contribution in [0.5, 0.6) is 0 Å². The Balaban J connectivity index is 0.00000119. The van der Waals surface area contributed by atoms with Crippen molar-refractivity contribution in [1.82, 2.24) is 4.90 Å². The Bertz CT molecular complexity index is 383. The zero-order chi connectivity index (χ0) is 20.2. The van der Waals surface area contributed by atoms with E-state index in [1.807, 2.05) is 0 Å². The van der Waals surface area contributed by atoms with E-state index in [0.717, 1.165) is 6.08 Å². The molecule has 0 aliphatic carbocycles. The summed E-state index contributed by atoms with van der Waals surface area (Å²) in [5, 5.41) is 9.14. The van der Waals surface area contributed by atoms with Crippen LogP contribution in [-0.2, 0) is 4.79 Å². The minimum Gasteiger partial charge on any atom is -0.545 e. The topological polar surface area (TPSA) is 47.8 Å². The number of quaternary nitrogens is 1. The predicted octanol–water partition coefficient (Wildman–Crippen LogP) is 3.65. The summed E-state index contributed by atoms with van der Waals surface area (Å²) in [5.74, 6) is -1.23. The van der Waals surface area contributed by atoms with Gasteiger partial charge >= 0.3 is 0 Å². The van der Waals surface area contributed by atoms with Gasteiger partial charge in [-0.25, -0.2) is 0 Å². The summed E-state index contributed by atoms with van der Waals surface area (Å²) in [6, 6.07) is 0. The normalized spacial score (nSPS) is 15.5. The molecule has 0 radical (unpaired) electrons. The standard InChI is InChI=1S/C20H40N2.C3H4O2/c1-3-4-5-6-7-8-9-10-11-12-13-14-15-16-17-22-19-18-21(2)20-22;1-2-3(4)5/h18-19H,3-17,20H2,1-2H3;2H,1H2,(H,4,5). The van der Waals surface area contributed by atoms with Gasteiger partial charge in [-0.3, -0.25) is 4.90 Å². The fourth-order valence-corrected chi connectivity index (χ4v) is 3.32. The van der Waals surface area contributed by atoms with Gasteiger partial charge in [0.2, 0.25) is 0 Å². The quantitative estimate of drug-likeness (QED) is 0.328. The summed E-state index contributed by atoms with van der Waals surface area (Å²) in [6.07, 6.45) is 25.5. The molecule has 1 rings (SSSR count). The van der Waals surface area contributed by atoms with Crippen molar-refractivity contribution in [3.63, 3.8) is 0 Å². The predicted molar refractivity (Wildman–Crippen MR) is 113 cm³/mol. The first-order valence-corrected chi connectivity index (χ1v) is 11.2. The summed E-state index contributed by atoms with van der Waals surface area (Å²) in [7, 11) is 2.22. The maximum Gasteiger partial charge on any atom is 0.156 e. The van der Waals surface area contributed by atoms with E-state index < -0.39 is 5.97 Å². The molecule has 0 bridgehead atoms. The average Bonchev–Trinajstić information content (AvgIpc) is 3.07. The van der Waals surface area contributed by atoms with E-state index in [2.05, 4.69) is 37.9 Å². The summed E-state index contributed by atoms with van der Waals surface area (Å²) in [4.78, 5) is 13.1. The molecular weight excluding hydrogens is 336 g/mol. The van der Waals surface area contributed by atoms with Crippen LogP contribution in [0.25, 0.3) is 0 Å². The summed E-state index contributed by atoms with van der Waals surface area (Å²) in [6.45, 7) is 7.61. The molecule has 1 atom stereocenters. The zero-order valence-corrected chi connectivity index (χ0v) is 18.0. The van der Waals surface area contributed by atoms with Gasteiger partial charge in [0.1, 0.15) is 6.20 Å². The van der Waals surface area contributed by atoms with Gasteiger partial charge in [-0.05, 0) is 12.5 Å². The monoisotopic (exact) mass is 380 g/mol. The van der Waals surface area contributed by atoms with E-state index in [0.29, 0.717) is 0 Å². The van der Waals surface area contributed by atoms with Crippen molar-refractivity contribution in [3.05, 3.63) is 25.1 Å². The second-order valence-corrected chi connectivity index (χ2v) is 7.75. The molecule has 0 aromatic rings. The van der Waals surface area contributed by atoms with E-state index >= 15 is 0 Å². The molecule has 1 unspecified atom stereocenters. The van der Waals surface area contributed by atoms with E-state index in [1.54, 1.807) is 0 Å². The van der Waals surface area contributed by atoms with E-state index in [-0.39, 0.29) is 0 Å². The van der Waals surface area contributed by atoms with Crippen LogP contribution >= 0.6 is 0 Å². The number of nitrogens with zero attached hydrogens (tertiary/aromatic N) is 1. The summed E-state index contributed by atoms with van der Waals surface area (Å²) >= 11 is 0. The lowest BCUT2D eigenvalue weighted by Crippen LogP contribution is -3.03. The highest BCUT2D eigenvalue weighted by atomic mass is 16.4. The number of carbonyl (C=O) groups excluding carboxylic acids is 1. The minimum atomic E-state index is -1.23. The lowest BCUT2D eigenvalue weighted by molar-refractivity contribution is -0.826. The van der Waals surface area contributed by atoms with Crippen LogP contribution in [0.3, 0.4) is 0 Å². The third kappa shape index (κ3) is 19.3. The molecule has 0 amide bonds. The fraction of sp³-hybridized carbons (Fsp3) is 0.783. The van der Waals surface area contributed by atoms with Gasteiger partial charge in [0.25, 0.3) is 0 Å². The lowest BCUT2D eigenvalue weighted by atomic mass is 10.0. The van der Waals surface area contributed by atoms with Crippen molar-refractivity contribution >= 4 is 5.97 Å². The minimum absolute atomic E-state index is 0.722. The highest BCUT2D eigenvalue weighted by Gasteiger charge is 2.11. The molecule has 27 heavy (non-hydrogen) atoms. The maximum absolute atomic E-state index is 9.14. The molecule has 0 aromatic heterocycles. The molecule has 1 N–H and O–H groups in total. The Labute approximate surface area is 168 Å². The van der Waals surface area contributed by atoms with Gasteiger partial charge in [-0.2, -0.15) is 0 Å². The Hall–Kier alpha value is -1.29. The SMILES string of the molecule is C=CC(=O)[O-].CCCCCCCCCCCCCCCCN1C=C[NH+](C)C1. The van der Waals surface area contributed by atoms with Crippen LogP contribution in [0, 0.1) is 0 Å². The first-order valence-electron chi connectivity index (χ1n) is 11.2. The van der Waals surface area contributed by atoms with Crippen LogP contribution < -0.4 is 10.0 Å². The van der Waals surface area contributed by atoms with Gasteiger partial charge in [0.15, 0.2) is 6.67 Å². The smallest absolute Gasteiger partial charge is 0.156 e. The van der Waals surface area contributed by atoms with Crippen molar-refractivity contribution in [2.24, 2.45) is 0 Å². The molecule has 0 fully saturated rings. The molecular formula is C23H44N2O2. The number of carbonyl (C=O) groups is 1. The van der Waals surface area contributed by atoms with E-state index in [9.17, 15) is 0 Å². The zero-order valence-electron chi connectivity index (χ0n) is 18.0. The molecule has 1 heterocycles. The van der Waals surface area contributed by atoms with E-state index in [4.69, 9.17) is 9.90 Å². The number of unbranched alkanes of at least 4 members (excludes halogenated alkanes) is 13. The number of carboxylic acid groups (broad SMARTS) is 1. The molecule has 158 valence electrons. The Morgan fingerprint density at radius 1 is 0.963 bits per heavy atom. The van der Waals surface area contributed by atoms with Crippen molar-refractivity contribution in [1.29, 1.82) is 0 Å². The number of nitrogens with one attached hydrogen (secondary N) is 1. The van der Waals surface area contributed by atoms with E-state index in [1.165, 1.54) is 108 Å². The Morgan fingerprint density at radius 3 is 1.70 bits per heavy atom. The fourth-order valence-electron chi connectivity index (χ4n) is 3.32. The van der Waals surface area contributed by atoms with Crippen LogP contribution in [0.15, 0.2) is 25.1 Å². The molecule has 4 heteroatoms. The average molecular weight is 381 g/mol. The maximum atomic E-state index is 9.14. The summed E-state index contributed by atoms with van der Waals surface area (Å²) < 4.78 is 0. The largest absolute Gasteiger partial charge is 0.545 e. The number of hydrogen-bond acceptors (Lipinski definition) is 3. The molecule has 1 aliphatic rings. The number of carboxylic acids is 1. The third-order valence-electron chi connectivity index (χ3n) is 4.99. The molecule has 0 saturated heterocycles. The second-order valence-electron chi connectivity index (χ2n) is 7.75. The highest BCUT2D eigenvalue weighted by molar-refractivity contribution is 5.76. The Morgan fingerprint density at radius 2 is 1.37 bits per heavy atom. The number of rotatable bonds is 16. The van der Waals surface area contributed by atoms with Crippen molar-refractivity contribution < 1.29 is 14.8 Å². The first kappa shape index (κ1) is 25.7. The van der Waals surface area contributed by atoms with Gasteiger partial charge in [0.05, 0.1) is 19.2 Å². The van der Waals surface area contributed by atoms with Crippen LogP contribution in [0.2, 0.25) is 0 Å². The highest BCUT2D eigenvalue weighted by Crippen LogP contribution is 2.13. The van der Waals surface area contributed by atoms with Crippen LogP contribution in [0.4, 0.5) is 0 Å². The van der Waals surface area contributed by atoms with Crippen molar-refractivity contribution in [2.75, 3.05) is 20.3 Å². The van der Waals surface area contributed by atoms with Crippen molar-refractivity contribution in [3.8, 4) is 0 Å². The van der Waals surface area contributed by atoms with Gasteiger partial charge in [-0.15, -0.1) is 0 Å². The molecule has 0 aromatic carbocycles. The number of aliphatic carboxylic acids is 1. The summed E-state index contributed by atoms with van der Waals surface area (Å²) in [5.41, 5.74) is 0. The van der Waals surface area contributed by atoms with Crippen LogP contribution in [-0.4, -0.2) is 31.1 Å². The first-order chi connectivity index (χ1) is 13.1. The van der Waals surface area contributed by atoms with Gasteiger partial charge in [-0.1, -0.05) is 97.0 Å². The van der Waals surface area contributed by atoms with Crippen molar-refractivity contribution in [2.45, 2.75) is 96.8 Å². The van der Waals surface area contributed by atoms with Gasteiger partial charge in [0, 0.05) is 6.54 Å². The molecule has 4 nitrogen and oxygen atoms in total. The molecule has 1 aliphatic heterocycles. The Kier molecular flexibility index (Phi) is 18.5. The molecule has 0 spiro atoms. The third-order valence-corrected chi connectivity index (χ3v) is 4.99. The second kappa shape index (κ2) is 19.5. The number of hydrogen-bond donors (Lipinski definition) is 1. The lowest BCUT2D eigenvalue weighted by Gasteiger charge is -2.14. The molecule has 0 saturated carbocycles. The van der Waals surface area contributed by atoms with Gasteiger partial charge < -0.3 is 14.8 Å². The van der Waals surface area contributed by atoms with Crippen LogP contribution in [0.1, 0.15) is 96.8 Å².